The minimum atomic E-state index is -0.664. The Morgan fingerprint density at radius 3 is 2.64 bits per heavy atom. The van der Waals surface area contributed by atoms with Gasteiger partial charge in [0.15, 0.2) is 0 Å². The number of hydrogen-bond donors (Lipinski definition) is 2. The second-order valence-corrected chi connectivity index (χ2v) is 7.48. The van der Waals surface area contributed by atoms with Gasteiger partial charge in [0.25, 0.3) is 0 Å². The molecule has 1 aromatic rings. The standard InChI is InChI=1S/C21H28N2O5/c1-12-6-5-7-15(10-12)28-20(24)18-13(2)22-21(25)23-19(18)16-9-8-14(26-3)11-17(16)27-4/h8-9,11-12,15,19H,5-7,10H2,1-4H3,(H2,22,23,25)/t12-,15+,19-/m1/s1. The zero-order valence-corrected chi connectivity index (χ0v) is 16.8. The summed E-state index contributed by atoms with van der Waals surface area (Å²) in [5, 5.41) is 5.50. The molecule has 0 unspecified atom stereocenters. The lowest BCUT2D eigenvalue weighted by atomic mass is 9.88. The fourth-order valence-corrected chi connectivity index (χ4v) is 3.95. The fraction of sp³-hybridized carbons (Fsp3) is 0.524. The highest BCUT2D eigenvalue weighted by Gasteiger charge is 2.35. The highest BCUT2D eigenvalue weighted by atomic mass is 16.5. The average Bonchev–Trinajstić information content (AvgIpc) is 2.66. The summed E-state index contributed by atoms with van der Waals surface area (Å²) >= 11 is 0. The van der Waals surface area contributed by atoms with Crippen LogP contribution in [-0.2, 0) is 9.53 Å². The van der Waals surface area contributed by atoms with Gasteiger partial charge < -0.3 is 24.8 Å². The van der Waals surface area contributed by atoms with Crippen LogP contribution in [0.5, 0.6) is 11.5 Å². The topological polar surface area (TPSA) is 85.9 Å². The number of esters is 1. The lowest BCUT2D eigenvalue weighted by Gasteiger charge is -2.31. The Labute approximate surface area is 165 Å². The summed E-state index contributed by atoms with van der Waals surface area (Å²) in [5.74, 6) is 1.29. The van der Waals surface area contributed by atoms with Gasteiger partial charge >= 0.3 is 12.0 Å². The Morgan fingerprint density at radius 2 is 1.96 bits per heavy atom. The molecule has 2 amide bonds. The number of ether oxygens (including phenoxy) is 3. The number of carbonyl (C=O) groups excluding carboxylic acids is 2. The van der Waals surface area contributed by atoms with Crippen LogP contribution in [0.1, 0.15) is 51.1 Å². The van der Waals surface area contributed by atoms with Crippen molar-refractivity contribution in [2.75, 3.05) is 14.2 Å². The first kappa shape index (κ1) is 20.0. The third kappa shape index (κ3) is 4.24. The van der Waals surface area contributed by atoms with E-state index >= 15 is 0 Å². The predicted molar refractivity (Wildman–Crippen MR) is 104 cm³/mol. The van der Waals surface area contributed by atoms with Crippen LogP contribution in [0.15, 0.2) is 29.5 Å². The molecule has 1 fully saturated rings. The number of urea groups is 1. The maximum absolute atomic E-state index is 13.1. The van der Waals surface area contributed by atoms with Gasteiger partial charge in [0.2, 0.25) is 0 Å². The van der Waals surface area contributed by atoms with Gasteiger partial charge in [-0.1, -0.05) is 13.3 Å². The van der Waals surface area contributed by atoms with Gasteiger partial charge in [-0.15, -0.1) is 0 Å². The fourth-order valence-electron chi connectivity index (χ4n) is 3.95. The lowest BCUT2D eigenvalue weighted by Crippen LogP contribution is -2.45. The summed E-state index contributed by atoms with van der Waals surface area (Å²) in [7, 11) is 3.11. The normalized spacial score (nSPS) is 24.9. The molecular weight excluding hydrogens is 360 g/mol. The maximum Gasteiger partial charge on any atom is 0.338 e. The monoisotopic (exact) mass is 388 g/mol. The molecule has 3 rings (SSSR count). The molecule has 1 saturated carbocycles. The highest BCUT2D eigenvalue weighted by Crippen LogP contribution is 2.36. The molecule has 1 aliphatic carbocycles. The number of benzene rings is 1. The number of nitrogens with one attached hydrogen (secondary N) is 2. The largest absolute Gasteiger partial charge is 0.497 e. The van der Waals surface area contributed by atoms with Crippen LogP contribution in [0.25, 0.3) is 0 Å². The van der Waals surface area contributed by atoms with Crippen LogP contribution in [0.4, 0.5) is 4.79 Å². The molecular formula is C21H28N2O5. The van der Waals surface area contributed by atoms with E-state index in [1.165, 1.54) is 6.42 Å². The van der Waals surface area contributed by atoms with Gasteiger partial charge in [-0.3, -0.25) is 0 Å². The van der Waals surface area contributed by atoms with Crippen molar-refractivity contribution >= 4 is 12.0 Å². The van der Waals surface area contributed by atoms with Crippen molar-refractivity contribution < 1.29 is 23.8 Å². The Kier molecular flexibility index (Phi) is 6.11. The summed E-state index contributed by atoms with van der Waals surface area (Å²) < 4.78 is 16.5. The van der Waals surface area contributed by atoms with E-state index in [-0.39, 0.29) is 12.1 Å². The Balaban J connectivity index is 1.91. The van der Waals surface area contributed by atoms with E-state index in [0.717, 1.165) is 19.3 Å². The van der Waals surface area contributed by atoms with Crippen LogP contribution in [-0.4, -0.2) is 32.3 Å². The first-order valence-corrected chi connectivity index (χ1v) is 9.64. The van der Waals surface area contributed by atoms with E-state index in [1.54, 1.807) is 39.3 Å². The third-order valence-corrected chi connectivity index (χ3v) is 5.40. The van der Waals surface area contributed by atoms with Gasteiger partial charge in [0, 0.05) is 17.3 Å². The van der Waals surface area contributed by atoms with Gasteiger partial charge in [0.05, 0.1) is 25.8 Å². The minimum Gasteiger partial charge on any atom is -0.497 e. The summed E-state index contributed by atoms with van der Waals surface area (Å²) in [5.41, 5.74) is 1.54. The van der Waals surface area contributed by atoms with E-state index < -0.39 is 12.0 Å². The molecule has 28 heavy (non-hydrogen) atoms. The van der Waals surface area contributed by atoms with Crippen molar-refractivity contribution in [3.05, 3.63) is 35.0 Å². The molecule has 2 aliphatic rings. The molecule has 0 bridgehead atoms. The molecule has 0 radical (unpaired) electrons. The first-order chi connectivity index (χ1) is 13.4. The van der Waals surface area contributed by atoms with Crippen molar-refractivity contribution in [2.24, 2.45) is 5.92 Å². The molecule has 0 spiro atoms. The zero-order chi connectivity index (χ0) is 20.3. The van der Waals surface area contributed by atoms with Crippen molar-refractivity contribution in [3.63, 3.8) is 0 Å². The molecule has 0 aromatic heterocycles. The zero-order valence-electron chi connectivity index (χ0n) is 16.8. The van der Waals surface area contributed by atoms with Gasteiger partial charge in [-0.05, 0) is 44.2 Å². The Hall–Kier alpha value is -2.70. The molecule has 152 valence electrons. The van der Waals surface area contributed by atoms with Crippen LogP contribution < -0.4 is 20.1 Å². The van der Waals surface area contributed by atoms with Crippen molar-refractivity contribution in [3.8, 4) is 11.5 Å². The quantitative estimate of drug-likeness (QED) is 0.755. The number of rotatable bonds is 5. The molecule has 3 atom stereocenters. The summed E-state index contributed by atoms with van der Waals surface area (Å²) in [6, 6.07) is 4.25. The number of carbonyl (C=O) groups is 2. The van der Waals surface area contributed by atoms with Gasteiger partial charge in [0.1, 0.15) is 17.6 Å². The van der Waals surface area contributed by atoms with E-state index in [2.05, 4.69) is 17.6 Å². The molecule has 0 saturated heterocycles. The van der Waals surface area contributed by atoms with Crippen LogP contribution in [0, 0.1) is 5.92 Å². The Bertz CT molecular complexity index is 789. The van der Waals surface area contributed by atoms with Crippen LogP contribution in [0.3, 0.4) is 0 Å². The van der Waals surface area contributed by atoms with E-state index in [9.17, 15) is 9.59 Å². The number of hydrogen-bond acceptors (Lipinski definition) is 5. The molecule has 7 heteroatoms. The summed E-state index contributed by atoms with van der Waals surface area (Å²) in [6.07, 6.45) is 3.88. The highest BCUT2D eigenvalue weighted by molar-refractivity contribution is 5.95. The maximum atomic E-state index is 13.1. The summed E-state index contributed by atoms with van der Waals surface area (Å²) in [6.45, 7) is 3.89. The van der Waals surface area contributed by atoms with Crippen molar-refractivity contribution in [2.45, 2.75) is 51.7 Å². The van der Waals surface area contributed by atoms with Gasteiger partial charge in [-0.2, -0.15) is 0 Å². The number of amides is 2. The third-order valence-electron chi connectivity index (χ3n) is 5.40. The van der Waals surface area contributed by atoms with Crippen LogP contribution in [0.2, 0.25) is 0 Å². The number of methoxy groups -OCH3 is 2. The summed E-state index contributed by atoms with van der Waals surface area (Å²) in [4.78, 5) is 25.2. The second kappa shape index (κ2) is 8.54. The van der Waals surface area contributed by atoms with Crippen molar-refractivity contribution in [1.82, 2.24) is 10.6 Å². The average molecular weight is 388 g/mol. The smallest absolute Gasteiger partial charge is 0.338 e. The second-order valence-electron chi connectivity index (χ2n) is 7.48. The minimum absolute atomic E-state index is 0.0902. The molecule has 7 nitrogen and oxygen atoms in total. The molecule has 1 aromatic carbocycles. The molecule has 2 N–H and O–H groups in total. The molecule has 1 aliphatic heterocycles. The lowest BCUT2D eigenvalue weighted by molar-refractivity contribution is -0.146. The van der Waals surface area contributed by atoms with E-state index in [4.69, 9.17) is 14.2 Å². The van der Waals surface area contributed by atoms with E-state index in [1.807, 2.05) is 0 Å². The Morgan fingerprint density at radius 1 is 1.18 bits per heavy atom. The van der Waals surface area contributed by atoms with Gasteiger partial charge in [-0.25, -0.2) is 9.59 Å². The first-order valence-electron chi connectivity index (χ1n) is 9.64. The van der Waals surface area contributed by atoms with Crippen LogP contribution >= 0.6 is 0 Å². The molecule has 1 heterocycles. The van der Waals surface area contributed by atoms with Crippen molar-refractivity contribution in [1.29, 1.82) is 0 Å². The number of allylic oxidation sites excluding steroid dienone is 1. The van der Waals surface area contributed by atoms with E-state index in [0.29, 0.717) is 34.3 Å². The predicted octanol–water partition coefficient (Wildman–Crippen LogP) is 3.45. The SMILES string of the molecule is COc1ccc([C@H]2NC(=O)NC(C)=C2C(=O)O[C@H]2CCC[C@@H](C)C2)c(OC)c1.